The number of H-pyrrole nitrogens is 1. The van der Waals surface area contributed by atoms with Crippen molar-refractivity contribution >= 4 is 17.0 Å². The number of carboxylic acids is 1. The average Bonchev–Trinajstić information content (AvgIpc) is 3.24. The molecule has 2 heterocycles. The summed E-state index contributed by atoms with van der Waals surface area (Å²) in [6.45, 7) is 3.79. The number of benzene rings is 2. The van der Waals surface area contributed by atoms with Gasteiger partial charge in [-0.05, 0) is 81.0 Å². The Bertz CT molecular complexity index is 1360. The summed E-state index contributed by atoms with van der Waals surface area (Å²) in [6, 6.07) is 14.6. The normalized spacial score (nSPS) is 20.4. The van der Waals surface area contributed by atoms with Crippen molar-refractivity contribution in [2.75, 3.05) is 0 Å². The fourth-order valence-electron chi connectivity index (χ4n) is 4.49. The molecule has 0 aliphatic heterocycles. The number of halogens is 1. The molecule has 2 aromatic carbocycles. The number of aliphatic carboxylic acids is 1. The minimum Gasteiger partial charge on any atom is -0.481 e. The first-order valence-electron chi connectivity index (χ1n) is 11.4. The van der Waals surface area contributed by atoms with Crippen molar-refractivity contribution in [3.05, 3.63) is 66.1 Å². The smallest absolute Gasteiger partial charge is 0.309 e. The predicted molar refractivity (Wildman–Crippen MR) is 128 cm³/mol. The number of nitrogens with zero attached hydrogens (tertiary/aromatic N) is 2. The zero-order valence-electron chi connectivity index (χ0n) is 19.1. The number of aryl methyl sites for hydroxylation is 1. The van der Waals surface area contributed by atoms with Gasteiger partial charge in [-0.25, -0.2) is 14.4 Å². The van der Waals surface area contributed by atoms with Crippen LogP contribution in [0.2, 0.25) is 0 Å². The minimum atomic E-state index is -0.748. The van der Waals surface area contributed by atoms with Crippen molar-refractivity contribution in [2.45, 2.75) is 45.6 Å². The molecule has 2 aromatic heterocycles. The number of ether oxygens (including phenoxy) is 1. The Morgan fingerprint density at radius 2 is 1.88 bits per heavy atom. The van der Waals surface area contributed by atoms with Gasteiger partial charge in [0.15, 0.2) is 0 Å². The standard InChI is InChI=1S/C27H26FN3O3/c1-16-3-7-22-23(13-16)31-25(30-22)20-6-4-17(14-21(20)28)18-5-8-24(29-15-18)34-19-9-11-27(2,12-10-19)26(32)33/h3-8,13-15,19H,9-12H2,1-2H3,(H,30,31)(H,32,33)/t19-,27+. The Hall–Kier alpha value is -3.74. The summed E-state index contributed by atoms with van der Waals surface area (Å²) in [5, 5.41) is 9.37. The third-order valence-corrected chi connectivity index (χ3v) is 6.77. The first-order valence-corrected chi connectivity index (χ1v) is 11.4. The zero-order chi connectivity index (χ0) is 23.9. The SMILES string of the molecule is Cc1ccc2nc(-c3ccc(-c4ccc(O[C@H]5CC[C@@](C)(C(=O)O)CC5)nc4)cc3F)[nH]c2c1. The molecule has 174 valence electrons. The van der Waals surface area contributed by atoms with Gasteiger partial charge in [0.25, 0.3) is 0 Å². The van der Waals surface area contributed by atoms with Crippen LogP contribution in [0.1, 0.15) is 38.2 Å². The lowest BCUT2D eigenvalue weighted by molar-refractivity contribution is -0.150. The summed E-state index contributed by atoms with van der Waals surface area (Å²) < 4.78 is 21.0. The van der Waals surface area contributed by atoms with E-state index in [-0.39, 0.29) is 11.9 Å². The second-order valence-electron chi connectivity index (χ2n) is 9.37. The number of hydrogen-bond acceptors (Lipinski definition) is 4. The van der Waals surface area contributed by atoms with Gasteiger partial charge < -0.3 is 14.8 Å². The van der Waals surface area contributed by atoms with Gasteiger partial charge in [-0.1, -0.05) is 12.1 Å². The number of fused-ring (bicyclic) bond motifs is 1. The molecule has 0 saturated heterocycles. The molecule has 4 aromatic rings. The molecule has 34 heavy (non-hydrogen) atoms. The van der Waals surface area contributed by atoms with Crippen molar-refractivity contribution in [3.63, 3.8) is 0 Å². The van der Waals surface area contributed by atoms with E-state index >= 15 is 0 Å². The van der Waals surface area contributed by atoms with Crippen molar-refractivity contribution in [1.29, 1.82) is 0 Å². The van der Waals surface area contributed by atoms with Gasteiger partial charge >= 0.3 is 5.97 Å². The molecule has 0 spiro atoms. The quantitative estimate of drug-likeness (QED) is 0.374. The number of imidazole rings is 1. The first kappa shape index (κ1) is 22.1. The molecular formula is C27H26FN3O3. The maximum Gasteiger partial charge on any atom is 0.309 e. The molecule has 1 saturated carbocycles. The molecule has 0 bridgehead atoms. The Labute approximate surface area is 196 Å². The fraction of sp³-hybridized carbons (Fsp3) is 0.296. The molecule has 0 atom stereocenters. The minimum absolute atomic E-state index is 0.0462. The largest absolute Gasteiger partial charge is 0.481 e. The Morgan fingerprint density at radius 1 is 1.12 bits per heavy atom. The molecule has 6 nitrogen and oxygen atoms in total. The number of hydrogen-bond donors (Lipinski definition) is 2. The third kappa shape index (κ3) is 4.25. The molecular weight excluding hydrogens is 433 g/mol. The van der Waals surface area contributed by atoms with Crippen LogP contribution < -0.4 is 4.74 Å². The van der Waals surface area contributed by atoms with Crippen LogP contribution in [0.4, 0.5) is 4.39 Å². The van der Waals surface area contributed by atoms with E-state index in [4.69, 9.17) is 4.74 Å². The maximum absolute atomic E-state index is 15.0. The van der Waals surface area contributed by atoms with Crippen LogP contribution in [0.3, 0.4) is 0 Å². The summed E-state index contributed by atoms with van der Waals surface area (Å²) in [5.74, 6) is -0.125. The van der Waals surface area contributed by atoms with Gasteiger partial charge in [0.1, 0.15) is 17.7 Å². The molecule has 1 aliphatic rings. The second-order valence-corrected chi connectivity index (χ2v) is 9.37. The van der Waals surface area contributed by atoms with Gasteiger partial charge in [0.05, 0.1) is 22.0 Å². The van der Waals surface area contributed by atoms with Crippen LogP contribution in [-0.4, -0.2) is 32.1 Å². The Morgan fingerprint density at radius 3 is 2.56 bits per heavy atom. The van der Waals surface area contributed by atoms with Crippen LogP contribution >= 0.6 is 0 Å². The van der Waals surface area contributed by atoms with E-state index in [9.17, 15) is 14.3 Å². The summed E-state index contributed by atoms with van der Waals surface area (Å²) in [6.07, 6.45) is 4.15. The third-order valence-electron chi connectivity index (χ3n) is 6.77. The van der Waals surface area contributed by atoms with Crippen molar-refractivity contribution in [1.82, 2.24) is 15.0 Å². The van der Waals surface area contributed by atoms with Crippen LogP contribution in [-0.2, 0) is 4.79 Å². The monoisotopic (exact) mass is 459 g/mol. The van der Waals surface area contributed by atoms with Crippen LogP contribution in [0.5, 0.6) is 5.88 Å². The number of rotatable bonds is 5. The van der Waals surface area contributed by atoms with E-state index < -0.39 is 11.4 Å². The second kappa shape index (κ2) is 8.56. The molecule has 1 aliphatic carbocycles. The Kier molecular flexibility index (Phi) is 5.55. The summed E-state index contributed by atoms with van der Waals surface area (Å²) >= 11 is 0. The lowest BCUT2D eigenvalue weighted by Gasteiger charge is -2.33. The highest BCUT2D eigenvalue weighted by atomic mass is 19.1. The molecule has 2 N–H and O–H groups in total. The van der Waals surface area contributed by atoms with Crippen LogP contribution in [0, 0.1) is 18.2 Å². The number of carbonyl (C=O) groups is 1. The van der Waals surface area contributed by atoms with E-state index in [0.717, 1.165) is 22.2 Å². The lowest BCUT2D eigenvalue weighted by atomic mass is 9.75. The number of aromatic nitrogens is 3. The maximum atomic E-state index is 15.0. The van der Waals surface area contributed by atoms with Crippen LogP contribution in [0.15, 0.2) is 54.7 Å². The molecule has 7 heteroatoms. The van der Waals surface area contributed by atoms with Gasteiger partial charge in [-0.2, -0.15) is 0 Å². The van der Waals surface area contributed by atoms with Gasteiger partial charge in [-0.3, -0.25) is 4.79 Å². The van der Waals surface area contributed by atoms with E-state index in [1.54, 1.807) is 25.3 Å². The van der Waals surface area contributed by atoms with E-state index in [2.05, 4.69) is 15.0 Å². The molecule has 0 unspecified atom stereocenters. The highest BCUT2D eigenvalue weighted by Crippen LogP contribution is 2.37. The highest BCUT2D eigenvalue weighted by Gasteiger charge is 2.38. The Balaban J connectivity index is 1.29. The number of aromatic amines is 1. The predicted octanol–water partition coefficient (Wildman–Crippen LogP) is 6.15. The lowest BCUT2D eigenvalue weighted by Crippen LogP contribution is -2.36. The number of carboxylic acid groups (broad SMARTS) is 1. The van der Waals surface area contributed by atoms with Gasteiger partial charge in [-0.15, -0.1) is 0 Å². The van der Waals surface area contributed by atoms with Crippen molar-refractivity contribution in [2.24, 2.45) is 5.41 Å². The van der Waals surface area contributed by atoms with Gasteiger partial charge in [0, 0.05) is 17.8 Å². The number of nitrogens with one attached hydrogen (secondary N) is 1. The first-order chi connectivity index (χ1) is 16.3. The van der Waals surface area contributed by atoms with Crippen LogP contribution in [0.25, 0.3) is 33.5 Å². The van der Waals surface area contributed by atoms with E-state index in [0.29, 0.717) is 48.5 Å². The van der Waals surface area contributed by atoms with Gasteiger partial charge in [0.2, 0.25) is 5.88 Å². The van der Waals surface area contributed by atoms with E-state index in [1.807, 2.05) is 37.3 Å². The van der Waals surface area contributed by atoms with Crippen molar-refractivity contribution in [3.8, 4) is 28.4 Å². The zero-order valence-corrected chi connectivity index (χ0v) is 19.1. The molecule has 5 rings (SSSR count). The molecule has 1 fully saturated rings. The van der Waals surface area contributed by atoms with E-state index in [1.165, 1.54) is 6.07 Å². The fourth-order valence-corrected chi connectivity index (χ4v) is 4.49. The summed E-state index contributed by atoms with van der Waals surface area (Å²) in [7, 11) is 0. The highest BCUT2D eigenvalue weighted by molar-refractivity contribution is 5.80. The molecule has 0 amide bonds. The van der Waals surface area contributed by atoms with Crippen molar-refractivity contribution < 1.29 is 19.0 Å². The molecule has 0 radical (unpaired) electrons. The number of pyridine rings is 1. The average molecular weight is 460 g/mol. The summed E-state index contributed by atoms with van der Waals surface area (Å²) in [5.41, 5.74) is 4.02. The summed E-state index contributed by atoms with van der Waals surface area (Å²) in [4.78, 5) is 23.5. The topological polar surface area (TPSA) is 88.1 Å².